The average molecular weight is 256 g/mol. The van der Waals surface area contributed by atoms with Gasteiger partial charge in [0.05, 0.1) is 6.61 Å². The molecule has 19 heavy (non-hydrogen) atoms. The van der Waals surface area contributed by atoms with E-state index in [-0.39, 0.29) is 5.97 Å². The van der Waals surface area contributed by atoms with Gasteiger partial charge in [0.15, 0.2) is 0 Å². The zero-order chi connectivity index (χ0) is 13.5. The van der Waals surface area contributed by atoms with Gasteiger partial charge in [0, 0.05) is 24.9 Å². The summed E-state index contributed by atoms with van der Waals surface area (Å²) >= 11 is 0. The van der Waals surface area contributed by atoms with E-state index in [1.54, 1.807) is 19.2 Å². The molecule has 0 fully saturated rings. The molecule has 2 aromatic rings. The number of aromatic nitrogens is 2. The van der Waals surface area contributed by atoms with Crippen molar-refractivity contribution >= 4 is 12.0 Å². The lowest BCUT2D eigenvalue weighted by molar-refractivity contribution is -0.137. The van der Waals surface area contributed by atoms with Crippen LogP contribution in [0.3, 0.4) is 0 Å². The molecule has 0 aliphatic rings. The SMILES string of the molecule is CCOC(=O)/C=C/c1ccc(Cc2ncc[nH]2)cc1. The van der Waals surface area contributed by atoms with Crippen LogP contribution in [0.2, 0.25) is 0 Å². The number of nitrogens with zero attached hydrogens (tertiary/aromatic N) is 1. The van der Waals surface area contributed by atoms with Crippen LogP contribution in [0.15, 0.2) is 42.7 Å². The van der Waals surface area contributed by atoms with Crippen molar-refractivity contribution in [2.75, 3.05) is 6.61 Å². The number of nitrogens with one attached hydrogen (secondary N) is 1. The summed E-state index contributed by atoms with van der Waals surface area (Å²) in [5.74, 6) is 0.622. The number of hydrogen-bond acceptors (Lipinski definition) is 3. The molecular formula is C15H16N2O2. The van der Waals surface area contributed by atoms with Crippen LogP contribution < -0.4 is 0 Å². The predicted molar refractivity (Wildman–Crippen MR) is 73.5 cm³/mol. The quantitative estimate of drug-likeness (QED) is 0.660. The molecule has 0 saturated heterocycles. The van der Waals surface area contributed by atoms with E-state index in [9.17, 15) is 4.79 Å². The summed E-state index contributed by atoms with van der Waals surface area (Å²) in [7, 11) is 0. The van der Waals surface area contributed by atoms with Gasteiger partial charge in [-0.25, -0.2) is 9.78 Å². The van der Waals surface area contributed by atoms with E-state index < -0.39 is 0 Å². The first-order valence-corrected chi connectivity index (χ1v) is 6.20. The number of carbonyl (C=O) groups excluding carboxylic acids is 1. The summed E-state index contributed by atoms with van der Waals surface area (Å²) in [4.78, 5) is 18.4. The molecule has 1 N–H and O–H groups in total. The molecule has 1 aromatic heterocycles. The second-order valence-electron chi connectivity index (χ2n) is 4.04. The summed E-state index contributed by atoms with van der Waals surface area (Å²) in [6, 6.07) is 7.97. The number of benzene rings is 1. The van der Waals surface area contributed by atoms with Crippen molar-refractivity contribution in [1.82, 2.24) is 9.97 Å². The third-order valence-electron chi connectivity index (χ3n) is 2.60. The van der Waals surface area contributed by atoms with E-state index in [2.05, 4.69) is 9.97 Å². The van der Waals surface area contributed by atoms with Crippen LogP contribution in [0.4, 0.5) is 0 Å². The van der Waals surface area contributed by atoms with Gasteiger partial charge in [-0.15, -0.1) is 0 Å². The molecule has 4 heteroatoms. The molecule has 2 rings (SSSR count). The Morgan fingerprint density at radius 1 is 1.37 bits per heavy atom. The number of H-pyrrole nitrogens is 1. The van der Waals surface area contributed by atoms with E-state index in [1.807, 2.05) is 30.5 Å². The van der Waals surface area contributed by atoms with Gasteiger partial charge in [0.1, 0.15) is 5.82 Å². The minimum atomic E-state index is -0.317. The van der Waals surface area contributed by atoms with Crippen LogP contribution in [-0.2, 0) is 16.0 Å². The third-order valence-corrected chi connectivity index (χ3v) is 2.60. The lowest BCUT2D eigenvalue weighted by atomic mass is 10.1. The van der Waals surface area contributed by atoms with Gasteiger partial charge in [0.2, 0.25) is 0 Å². The van der Waals surface area contributed by atoms with Crippen LogP contribution in [-0.4, -0.2) is 22.5 Å². The molecule has 0 saturated carbocycles. The van der Waals surface area contributed by atoms with Crippen molar-refractivity contribution in [3.8, 4) is 0 Å². The summed E-state index contributed by atoms with van der Waals surface area (Å²) < 4.78 is 4.82. The van der Waals surface area contributed by atoms with Gasteiger partial charge in [-0.1, -0.05) is 24.3 Å². The number of hydrogen-bond donors (Lipinski definition) is 1. The minimum absolute atomic E-state index is 0.317. The van der Waals surface area contributed by atoms with Gasteiger partial charge in [0.25, 0.3) is 0 Å². The van der Waals surface area contributed by atoms with Crippen molar-refractivity contribution in [2.45, 2.75) is 13.3 Å². The fourth-order valence-corrected chi connectivity index (χ4v) is 1.69. The number of ether oxygens (including phenoxy) is 1. The molecule has 0 atom stereocenters. The smallest absolute Gasteiger partial charge is 0.330 e. The molecule has 1 aromatic carbocycles. The second kappa shape index (κ2) is 6.54. The zero-order valence-corrected chi connectivity index (χ0v) is 10.8. The van der Waals surface area contributed by atoms with E-state index >= 15 is 0 Å². The van der Waals surface area contributed by atoms with Crippen LogP contribution in [0.1, 0.15) is 23.9 Å². The maximum atomic E-state index is 11.2. The van der Waals surface area contributed by atoms with Crippen molar-refractivity contribution in [3.63, 3.8) is 0 Å². The summed E-state index contributed by atoms with van der Waals surface area (Å²) in [6.45, 7) is 2.18. The van der Waals surface area contributed by atoms with Crippen LogP contribution in [0, 0.1) is 0 Å². The van der Waals surface area contributed by atoms with Crippen LogP contribution in [0.25, 0.3) is 6.08 Å². The summed E-state index contributed by atoms with van der Waals surface area (Å²) in [5.41, 5.74) is 2.14. The topological polar surface area (TPSA) is 55.0 Å². The van der Waals surface area contributed by atoms with Gasteiger partial charge >= 0.3 is 5.97 Å². The number of carbonyl (C=O) groups is 1. The zero-order valence-electron chi connectivity index (χ0n) is 10.8. The number of rotatable bonds is 5. The third kappa shape index (κ3) is 4.10. The monoisotopic (exact) mass is 256 g/mol. The van der Waals surface area contributed by atoms with Crippen molar-refractivity contribution < 1.29 is 9.53 Å². The molecule has 0 amide bonds. The summed E-state index contributed by atoms with van der Waals surface area (Å²) in [6.07, 6.45) is 7.51. The van der Waals surface area contributed by atoms with Crippen molar-refractivity contribution in [3.05, 3.63) is 59.7 Å². The van der Waals surface area contributed by atoms with Crippen molar-refractivity contribution in [1.29, 1.82) is 0 Å². The molecule has 4 nitrogen and oxygen atoms in total. The van der Waals surface area contributed by atoms with E-state index in [1.165, 1.54) is 11.6 Å². The van der Waals surface area contributed by atoms with Gasteiger partial charge in [-0.2, -0.15) is 0 Å². The molecule has 0 bridgehead atoms. The Morgan fingerprint density at radius 2 is 2.16 bits per heavy atom. The highest BCUT2D eigenvalue weighted by atomic mass is 16.5. The number of imidazole rings is 1. The van der Waals surface area contributed by atoms with Crippen LogP contribution >= 0.6 is 0 Å². The largest absolute Gasteiger partial charge is 0.463 e. The molecule has 0 aliphatic heterocycles. The van der Waals surface area contributed by atoms with E-state index in [0.717, 1.165) is 17.8 Å². The second-order valence-corrected chi connectivity index (χ2v) is 4.04. The highest BCUT2D eigenvalue weighted by molar-refractivity contribution is 5.87. The van der Waals surface area contributed by atoms with Gasteiger partial charge in [-0.05, 0) is 24.1 Å². The predicted octanol–water partition coefficient (Wildman–Crippen LogP) is 2.58. The van der Waals surface area contributed by atoms with E-state index in [0.29, 0.717) is 6.61 Å². The Labute approximate surface area is 112 Å². The Kier molecular flexibility index (Phi) is 4.50. The standard InChI is InChI=1S/C15H16N2O2/c1-2-19-15(18)8-7-12-3-5-13(6-4-12)11-14-16-9-10-17-14/h3-10H,2,11H2,1H3,(H,16,17)/b8-7+. The first kappa shape index (κ1) is 13.1. The number of aromatic amines is 1. The number of esters is 1. The molecule has 0 spiro atoms. The van der Waals surface area contributed by atoms with Crippen LogP contribution in [0.5, 0.6) is 0 Å². The average Bonchev–Trinajstić information content (AvgIpc) is 2.91. The molecular weight excluding hydrogens is 240 g/mol. The first-order valence-electron chi connectivity index (χ1n) is 6.20. The normalized spacial score (nSPS) is 10.8. The molecule has 0 aliphatic carbocycles. The first-order chi connectivity index (χ1) is 9.28. The maximum Gasteiger partial charge on any atom is 0.330 e. The lowest BCUT2D eigenvalue weighted by Crippen LogP contribution is -1.98. The highest BCUT2D eigenvalue weighted by Crippen LogP contribution is 2.09. The lowest BCUT2D eigenvalue weighted by Gasteiger charge is -2.00. The fourth-order valence-electron chi connectivity index (χ4n) is 1.69. The Bertz CT molecular complexity index is 542. The van der Waals surface area contributed by atoms with Crippen molar-refractivity contribution in [2.24, 2.45) is 0 Å². The van der Waals surface area contributed by atoms with Gasteiger partial charge in [-0.3, -0.25) is 0 Å². The van der Waals surface area contributed by atoms with Gasteiger partial charge < -0.3 is 9.72 Å². The molecule has 98 valence electrons. The molecule has 0 radical (unpaired) electrons. The molecule has 1 heterocycles. The Morgan fingerprint density at radius 3 is 2.79 bits per heavy atom. The highest BCUT2D eigenvalue weighted by Gasteiger charge is 1.98. The minimum Gasteiger partial charge on any atom is -0.463 e. The Hall–Kier alpha value is -2.36. The van der Waals surface area contributed by atoms with E-state index in [4.69, 9.17) is 4.74 Å². The Balaban J connectivity index is 1.96. The molecule has 0 unspecified atom stereocenters. The fraction of sp³-hybridized carbons (Fsp3) is 0.200. The summed E-state index contributed by atoms with van der Waals surface area (Å²) in [5, 5.41) is 0. The maximum absolute atomic E-state index is 11.2.